The normalized spacial score (nSPS) is 11.0. The van der Waals surface area contributed by atoms with Crippen LogP contribution in [0.3, 0.4) is 0 Å². The maximum atomic E-state index is 5.41. The first-order valence-corrected chi connectivity index (χ1v) is 8.57. The molecule has 0 aliphatic rings. The van der Waals surface area contributed by atoms with Gasteiger partial charge in [0.1, 0.15) is 11.4 Å². The fraction of sp³-hybridized carbons (Fsp3) is 0.400. The average molecular weight is 346 g/mol. The van der Waals surface area contributed by atoms with Gasteiger partial charge in [-0.1, -0.05) is 29.9 Å². The van der Waals surface area contributed by atoms with E-state index in [9.17, 15) is 0 Å². The Morgan fingerprint density at radius 2 is 2.21 bits per heavy atom. The van der Waals surface area contributed by atoms with Crippen LogP contribution in [0, 0.1) is 6.92 Å². The third-order valence-electron chi connectivity index (χ3n) is 3.31. The summed E-state index contributed by atoms with van der Waals surface area (Å²) in [5.74, 6) is 2.51. The topological polar surface area (TPSA) is 91.8 Å². The van der Waals surface area contributed by atoms with Gasteiger partial charge in [0.25, 0.3) is 0 Å². The first-order valence-electron chi connectivity index (χ1n) is 7.59. The van der Waals surface area contributed by atoms with E-state index < -0.39 is 0 Å². The number of aryl methyl sites for hydroxylation is 2. The molecule has 24 heavy (non-hydrogen) atoms. The van der Waals surface area contributed by atoms with Gasteiger partial charge in [0, 0.05) is 6.42 Å². The van der Waals surface area contributed by atoms with E-state index in [1.54, 1.807) is 11.8 Å². The zero-order valence-electron chi connectivity index (χ0n) is 13.8. The Morgan fingerprint density at radius 3 is 3.00 bits per heavy atom. The second-order valence-corrected chi connectivity index (χ2v) is 6.13. The second kappa shape index (κ2) is 7.43. The van der Waals surface area contributed by atoms with Crippen molar-refractivity contribution in [2.75, 3.05) is 7.11 Å². The van der Waals surface area contributed by atoms with E-state index in [0.29, 0.717) is 22.5 Å². The average Bonchev–Trinajstić information content (AvgIpc) is 3.22. The summed E-state index contributed by atoms with van der Waals surface area (Å²) in [6, 6.07) is 5.86. The van der Waals surface area contributed by atoms with Gasteiger partial charge in [-0.3, -0.25) is 0 Å². The van der Waals surface area contributed by atoms with Gasteiger partial charge in [-0.25, -0.2) is 0 Å². The minimum Gasteiger partial charge on any atom is -0.494 e. The van der Waals surface area contributed by atoms with Crippen molar-refractivity contribution in [2.45, 2.75) is 37.6 Å². The van der Waals surface area contributed by atoms with Crippen molar-refractivity contribution < 1.29 is 9.26 Å². The number of nitrogens with zero attached hydrogens (tertiary/aromatic N) is 6. The van der Waals surface area contributed by atoms with Crippen molar-refractivity contribution >= 4 is 11.8 Å². The molecular weight excluding hydrogens is 328 g/mol. The highest BCUT2D eigenvalue weighted by atomic mass is 32.2. The summed E-state index contributed by atoms with van der Waals surface area (Å²) in [7, 11) is 1.62. The minimum absolute atomic E-state index is 0.505. The third kappa shape index (κ3) is 3.56. The largest absolute Gasteiger partial charge is 0.494 e. The maximum absolute atomic E-state index is 5.41. The molecule has 0 unspecified atom stereocenters. The van der Waals surface area contributed by atoms with Gasteiger partial charge < -0.3 is 9.26 Å². The molecule has 0 aliphatic carbocycles. The van der Waals surface area contributed by atoms with Crippen molar-refractivity contribution in [1.29, 1.82) is 0 Å². The van der Waals surface area contributed by atoms with Crippen molar-refractivity contribution in [3.05, 3.63) is 35.5 Å². The van der Waals surface area contributed by atoms with Crippen LogP contribution < -0.4 is 4.74 Å². The van der Waals surface area contributed by atoms with E-state index in [2.05, 4.69) is 32.6 Å². The number of aromatic nitrogens is 6. The van der Waals surface area contributed by atoms with Crippen LogP contribution in [-0.2, 0) is 12.2 Å². The highest BCUT2D eigenvalue weighted by Gasteiger charge is 2.15. The molecule has 0 radical (unpaired) electrons. The number of thioether (sulfide) groups is 1. The maximum Gasteiger partial charge on any atom is 0.237 e. The van der Waals surface area contributed by atoms with Crippen LogP contribution >= 0.6 is 11.8 Å². The molecule has 2 aromatic heterocycles. The number of tetrazole rings is 1. The number of hydrogen-bond acceptors (Lipinski definition) is 8. The number of benzene rings is 1. The predicted octanol–water partition coefficient (Wildman–Crippen LogP) is 2.61. The van der Waals surface area contributed by atoms with Crippen molar-refractivity contribution in [3.63, 3.8) is 0 Å². The van der Waals surface area contributed by atoms with Crippen LogP contribution in [0.5, 0.6) is 5.75 Å². The Labute approximate surface area is 143 Å². The standard InChI is InChI=1S/C15H18N6O2S/c1-4-5-13-16-14(23-18-13)9-24-15-17-19-20-21(15)11-8-10(2)6-7-12(11)22-3/h6-8H,4-5,9H2,1-3H3. The first kappa shape index (κ1) is 16.4. The lowest BCUT2D eigenvalue weighted by Gasteiger charge is -2.09. The molecule has 0 spiro atoms. The fourth-order valence-electron chi connectivity index (χ4n) is 2.19. The number of ether oxygens (including phenoxy) is 1. The van der Waals surface area contributed by atoms with Gasteiger partial charge in [-0.2, -0.15) is 9.67 Å². The number of hydrogen-bond donors (Lipinski definition) is 0. The monoisotopic (exact) mass is 346 g/mol. The molecule has 0 saturated carbocycles. The van der Waals surface area contributed by atoms with Gasteiger partial charge in [-0.15, -0.1) is 5.10 Å². The van der Waals surface area contributed by atoms with E-state index in [-0.39, 0.29) is 0 Å². The van der Waals surface area contributed by atoms with Crippen LogP contribution in [0.4, 0.5) is 0 Å². The minimum atomic E-state index is 0.505. The lowest BCUT2D eigenvalue weighted by molar-refractivity contribution is 0.384. The SMILES string of the molecule is CCCc1noc(CSc2nnnn2-c2cc(C)ccc2OC)n1. The summed E-state index contributed by atoms with van der Waals surface area (Å²) in [4.78, 5) is 4.35. The summed E-state index contributed by atoms with van der Waals surface area (Å²) in [5, 5.41) is 16.5. The summed E-state index contributed by atoms with van der Waals surface area (Å²) in [5.41, 5.74) is 1.89. The van der Waals surface area contributed by atoms with Gasteiger partial charge in [0.2, 0.25) is 11.0 Å². The zero-order chi connectivity index (χ0) is 16.9. The van der Waals surface area contributed by atoms with E-state index in [0.717, 1.165) is 29.9 Å². The van der Waals surface area contributed by atoms with Crippen molar-refractivity contribution in [1.82, 2.24) is 30.3 Å². The molecule has 0 fully saturated rings. The molecule has 0 N–H and O–H groups in total. The smallest absolute Gasteiger partial charge is 0.237 e. The molecule has 0 amide bonds. The first-order chi connectivity index (χ1) is 11.7. The molecule has 0 saturated heterocycles. The number of methoxy groups -OCH3 is 1. The van der Waals surface area contributed by atoms with Crippen LogP contribution in [-0.4, -0.2) is 37.5 Å². The molecule has 3 rings (SSSR count). The molecule has 9 heteroatoms. The van der Waals surface area contributed by atoms with Crippen LogP contribution in [0.25, 0.3) is 5.69 Å². The second-order valence-electron chi connectivity index (χ2n) is 5.19. The third-order valence-corrected chi connectivity index (χ3v) is 4.22. The van der Waals surface area contributed by atoms with E-state index in [1.807, 2.05) is 25.1 Å². The van der Waals surface area contributed by atoms with Gasteiger partial charge in [-0.05, 0) is 41.5 Å². The van der Waals surface area contributed by atoms with E-state index in [1.165, 1.54) is 11.8 Å². The molecule has 8 nitrogen and oxygen atoms in total. The molecule has 126 valence electrons. The molecule has 2 heterocycles. The highest BCUT2D eigenvalue weighted by molar-refractivity contribution is 7.98. The van der Waals surface area contributed by atoms with Gasteiger partial charge in [0.05, 0.1) is 12.9 Å². The Morgan fingerprint density at radius 1 is 1.33 bits per heavy atom. The number of rotatable bonds is 7. The molecule has 0 atom stereocenters. The predicted molar refractivity (Wildman–Crippen MR) is 88.3 cm³/mol. The summed E-state index contributed by atoms with van der Waals surface area (Å²) < 4.78 is 12.3. The summed E-state index contributed by atoms with van der Waals surface area (Å²) in [6.07, 6.45) is 1.80. The Kier molecular flexibility index (Phi) is 5.09. The Bertz CT molecular complexity index is 816. The molecule has 0 bridgehead atoms. The lowest BCUT2D eigenvalue weighted by atomic mass is 10.2. The Hall–Kier alpha value is -2.42. The summed E-state index contributed by atoms with van der Waals surface area (Å²) >= 11 is 1.43. The zero-order valence-corrected chi connectivity index (χ0v) is 14.6. The van der Waals surface area contributed by atoms with Crippen LogP contribution in [0.15, 0.2) is 27.9 Å². The quantitative estimate of drug-likeness (QED) is 0.603. The molecular formula is C15H18N6O2S. The van der Waals surface area contributed by atoms with Crippen LogP contribution in [0.1, 0.15) is 30.6 Å². The van der Waals surface area contributed by atoms with E-state index >= 15 is 0 Å². The lowest BCUT2D eigenvalue weighted by Crippen LogP contribution is -2.02. The molecule has 1 aromatic carbocycles. The van der Waals surface area contributed by atoms with E-state index in [4.69, 9.17) is 9.26 Å². The van der Waals surface area contributed by atoms with Crippen molar-refractivity contribution in [3.8, 4) is 11.4 Å². The molecule has 3 aromatic rings. The van der Waals surface area contributed by atoms with Crippen molar-refractivity contribution in [2.24, 2.45) is 0 Å². The van der Waals surface area contributed by atoms with Gasteiger partial charge >= 0.3 is 0 Å². The Balaban J connectivity index is 1.79. The summed E-state index contributed by atoms with van der Waals surface area (Å²) in [6.45, 7) is 4.09. The molecule has 0 aliphatic heterocycles. The fourth-order valence-corrected chi connectivity index (χ4v) is 2.91. The van der Waals surface area contributed by atoms with Crippen LogP contribution in [0.2, 0.25) is 0 Å². The van der Waals surface area contributed by atoms with Gasteiger partial charge in [0.15, 0.2) is 5.82 Å². The highest BCUT2D eigenvalue weighted by Crippen LogP contribution is 2.28.